The minimum atomic E-state index is -4.15. The van der Waals surface area contributed by atoms with Gasteiger partial charge in [-0.15, -0.1) is 0 Å². The monoisotopic (exact) mass is 273 g/mol. The van der Waals surface area contributed by atoms with Crippen LogP contribution in [0.3, 0.4) is 0 Å². The minimum Gasteiger partial charge on any atom is -0.437 e. The van der Waals surface area contributed by atoms with Gasteiger partial charge in [-0.25, -0.2) is 0 Å². The van der Waals surface area contributed by atoms with Crippen molar-refractivity contribution in [3.8, 4) is 0 Å². The molecule has 0 aliphatic rings. The van der Waals surface area contributed by atoms with Crippen molar-refractivity contribution in [2.24, 2.45) is 0 Å². The van der Waals surface area contributed by atoms with Crippen molar-refractivity contribution < 1.29 is 21.4 Å². The summed E-state index contributed by atoms with van der Waals surface area (Å²) in [4.78, 5) is 0. The van der Waals surface area contributed by atoms with E-state index in [2.05, 4.69) is 10.5 Å². The van der Waals surface area contributed by atoms with Gasteiger partial charge < -0.3 is 8.23 Å². The van der Waals surface area contributed by atoms with E-state index in [0.29, 0.717) is 0 Å². The van der Waals surface area contributed by atoms with Crippen LogP contribution in [0.5, 0.6) is 0 Å². The zero-order valence-corrected chi connectivity index (χ0v) is 12.4. The van der Waals surface area contributed by atoms with Gasteiger partial charge >= 0.3 is 14.7 Å². The lowest BCUT2D eigenvalue weighted by atomic mass is 10.5. The molecule has 0 aromatic heterocycles. The molecule has 15 heavy (non-hydrogen) atoms. The van der Waals surface area contributed by atoms with E-state index in [4.69, 9.17) is 8.23 Å². The summed E-state index contributed by atoms with van der Waals surface area (Å²) in [5, 5.41) is 0. The van der Waals surface area contributed by atoms with Crippen molar-refractivity contribution >= 4 is 27.4 Å². The number of halogens is 3. The third-order valence-corrected chi connectivity index (χ3v) is 8.66. The van der Waals surface area contributed by atoms with E-state index >= 15 is 0 Å². The van der Waals surface area contributed by atoms with Crippen LogP contribution in [-0.4, -0.2) is 33.5 Å². The maximum Gasteiger partial charge on any atom is 0.389 e. The molecule has 1 atom stereocenters. The largest absolute Gasteiger partial charge is 0.437 e. The average Bonchev–Trinajstić information content (AvgIpc) is 1.97. The summed E-state index contributed by atoms with van der Waals surface area (Å²) < 4.78 is 46.8. The first kappa shape index (κ1) is 15.4. The van der Waals surface area contributed by atoms with Crippen LogP contribution in [0.1, 0.15) is 6.42 Å². The number of alkyl halides is 3. The quantitative estimate of drug-likeness (QED) is 0.717. The van der Waals surface area contributed by atoms with E-state index in [1.807, 2.05) is 19.6 Å². The number of rotatable bonds is 5. The maximum atomic E-state index is 12.1. The fourth-order valence-electron chi connectivity index (χ4n) is 1.14. The predicted octanol–water partition coefficient (Wildman–Crippen LogP) is 2.96. The van der Waals surface area contributed by atoms with Gasteiger partial charge in [-0.1, -0.05) is 0 Å². The number of hydrogen-bond donors (Lipinski definition) is 0. The lowest BCUT2D eigenvalue weighted by molar-refractivity contribution is -0.131. The molecule has 0 saturated heterocycles. The van der Waals surface area contributed by atoms with E-state index in [0.717, 1.165) is 0 Å². The molecule has 8 heteroatoms. The smallest absolute Gasteiger partial charge is 0.389 e. The standard InChI is InChI=1S/C7H16F3O2Si3/c1-14(2,3)12-15(4,11-13)6-5-7(8,9)10/h5-6H2,1-4H3. The fraction of sp³-hybridized carbons (Fsp3) is 1.00. The van der Waals surface area contributed by atoms with Crippen LogP contribution in [0.2, 0.25) is 32.2 Å². The Labute approximate surface area is 94.1 Å². The van der Waals surface area contributed by atoms with Crippen LogP contribution in [0.15, 0.2) is 0 Å². The fourth-order valence-corrected chi connectivity index (χ4v) is 8.42. The molecule has 0 aliphatic heterocycles. The molecule has 0 rings (SSSR count). The molecule has 3 radical (unpaired) electrons. The molecule has 0 aromatic rings. The SMILES string of the molecule is C[Si](C)(C)O[Si](C)(CCC(F)(F)F)O[Si]. The van der Waals surface area contributed by atoms with Crippen LogP contribution < -0.4 is 0 Å². The highest BCUT2D eigenvalue weighted by Gasteiger charge is 2.39. The van der Waals surface area contributed by atoms with Crippen LogP contribution >= 0.6 is 0 Å². The third kappa shape index (κ3) is 8.20. The molecule has 0 N–H and O–H groups in total. The molecule has 0 spiro atoms. The van der Waals surface area contributed by atoms with Crippen LogP contribution in [-0.2, 0) is 8.23 Å². The van der Waals surface area contributed by atoms with Crippen LogP contribution in [0, 0.1) is 0 Å². The summed E-state index contributed by atoms with van der Waals surface area (Å²) in [5.74, 6) is 0. The predicted molar refractivity (Wildman–Crippen MR) is 58.4 cm³/mol. The Morgan fingerprint density at radius 2 is 1.60 bits per heavy atom. The lowest BCUT2D eigenvalue weighted by Gasteiger charge is -2.33. The van der Waals surface area contributed by atoms with Gasteiger partial charge in [0, 0.05) is 6.42 Å². The Morgan fingerprint density at radius 1 is 1.13 bits per heavy atom. The normalized spacial score (nSPS) is 17.6. The highest BCUT2D eigenvalue weighted by atomic mass is 28.5. The Hall–Kier alpha value is 0.361. The van der Waals surface area contributed by atoms with Gasteiger partial charge in [0.25, 0.3) is 0 Å². The Morgan fingerprint density at radius 3 is 1.87 bits per heavy atom. The molecule has 0 aliphatic carbocycles. The molecule has 1 unspecified atom stereocenters. The molecule has 89 valence electrons. The molecule has 0 heterocycles. The lowest BCUT2D eigenvalue weighted by Crippen LogP contribution is -2.47. The van der Waals surface area contributed by atoms with Gasteiger partial charge in [-0.05, 0) is 32.2 Å². The topological polar surface area (TPSA) is 18.5 Å². The van der Waals surface area contributed by atoms with Crippen LogP contribution in [0.4, 0.5) is 13.2 Å². The van der Waals surface area contributed by atoms with E-state index < -0.39 is 29.5 Å². The summed E-state index contributed by atoms with van der Waals surface area (Å²) in [6.07, 6.45) is -5.01. The van der Waals surface area contributed by atoms with E-state index in [-0.39, 0.29) is 6.04 Å². The second-order valence-electron chi connectivity index (χ2n) is 4.57. The van der Waals surface area contributed by atoms with Crippen molar-refractivity contribution in [1.29, 1.82) is 0 Å². The average molecular weight is 273 g/mol. The van der Waals surface area contributed by atoms with Crippen molar-refractivity contribution in [3.63, 3.8) is 0 Å². The first-order valence-electron chi connectivity index (χ1n) is 4.59. The molecule has 0 saturated carbocycles. The number of hydrogen-bond acceptors (Lipinski definition) is 2. The van der Waals surface area contributed by atoms with E-state index in [1.165, 1.54) is 0 Å². The zero-order chi connectivity index (χ0) is 12.3. The maximum absolute atomic E-state index is 12.1. The minimum absolute atomic E-state index is 0.0791. The highest BCUT2D eigenvalue weighted by Crippen LogP contribution is 2.28. The first-order chi connectivity index (χ1) is 6.47. The Bertz CT molecular complexity index is 205. The molecular weight excluding hydrogens is 257 g/mol. The molecule has 2 nitrogen and oxygen atoms in total. The molecule has 0 fully saturated rings. The summed E-state index contributed by atoms with van der Waals surface area (Å²) in [6.45, 7) is 7.43. The second-order valence-corrected chi connectivity index (χ2v) is 13.2. The molecule has 0 aromatic carbocycles. The highest BCUT2D eigenvalue weighted by molar-refractivity contribution is 6.82. The van der Waals surface area contributed by atoms with Gasteiger partial charge in [0.15, 0.2) is 8.32 Å². The molecular formula is C7H16F3O2Si3. The second kappa shape index (κ2) is 5.13. The van der Waals surface area contributed by atoms with Crippen molar-refractivity contribution in [2.75, 3.05) is 0 Å². The van der Waals surface area contributed by atoms with Gasteiger partial charge in [0.1, 0.15) is 0 Å². The van der Waals surface area contributed by atoms with Crippen molar-refractivity contribution in [3.05, 3.63) is 0 Å². The summed E-state index contributed by atoms with van der Waals surface area (Å²) >= 11 is 0. The zero-order valence-electron chi connectivity index (χ0n) is 9.36. The molecule has 0 amide bonds. The first-order valence-corrected chi connectivity index (χ1v) is 10.9. The third-order valence-electron chi connectivity index (χ3n) is 1.60. The van der Waals surface area contributed by atoms with Gasteiger partial charge in [0.2, 0.25) is 10.5 Å². The van der Waals surface area contributed by atoms with Crippen molar-refractivity contribution in [1.82, 2.24) is 0 Å². The van der Waals surface area contributed by atoms with E-state index in [9.17, 15) is 13.2 Å². The van der Waals surface area contributed by atoms with Gasteiger partial charge in [0.05, 0.1) is 0 Å². The van der Waals surface area contributed by atoms with Crippen LogP contribution in [0.25, 0.3) is 0 Å². The summed E-state index contributed by atoms with van der Waals surface area (Å²) in [6, 6.07) is -0.0791. The van der Waals surface area contributed by atoms with Gasteiger partial charge in [-0.3, -0.25) is 0 Å². The summed E-state index contributed by atoms with van der Waals surface area (Å²) in [5.41, 5.74) is 0. The summed E-state index contributed by atoms with van der Waals surface area (Å²) in [7, 11) is -1.75. The Kier molecular flexibility index (Phi) is 5.25. The Balaban J connectivity index is 4.32. The molecule has 0 bridgehead atoms. The van der Waals surface area contributed by atoms with E-state index in [1.54, 1.807) is 6.55 Å². The van der Waals surface area contributed by atoms with Gasteiger partial charge in [-0.2, -0.15) is 13.2 Å². The van der Waals surface area contributed by atoms with Crippen molar-refractivity contribution in [2.45, 2.75) is 44.8 Å².